The Morgan fingerprint density at radius 2 is 1.51 bits per heavy atom. The van der Waals surface area contributed by atoms with Crippen molar-refractivity contribution >= 4 is 11.8 Å². The van der Waals surface area contributed by atoms with E-state index >= 15 is 0 Å². The summed E-state index contributed by atoms with van der Waals surface area (Å²) in [6.07, 6.45) is -0.765. The number of aliphatic hydroxyl groups excluding tert-OH is 1. The lowest BCUT2D eigenvalue weighted by Gasteiger charge is -2.29. The van der Waals surface area contributed by atoms with Gasteiger partial charge in [0, 0.05) is 12.2 Å². The van der Waals surface area contributed by atoms with Gasteiger partial charge in [0.05, 0.1) is 6.54 Å². The van der Waals surface area contributed by atoms with Crippen molar-refractivity contribution < 1.29 is 24.1 Å². The van der Waals surface area contributed by atoms with Crippen molar-refractivity contribution in [3.8, 4) is 17.2 Å². The molecule has 0 unspecified atom stereocenters. The molecule has 0 fully saturated rings. The number of carbonyl (C=O) groups is 1. The normalized spacial score (nSPS) is 12.0. The Morgan fingerprint density at radius 3 is 2.14 bits per heavy atom. The van der Waals surface area contributed by atoms with Gasteiger partial charge in [-0.2, -0.15) is 0 Å². The minimum atomic E-state index is -0.894. The third-order valence-corrected chi connectivity index (χ3v) is 4.98. The maximum atomic E-state index is 12.7. The predicted molar refractivity (Wildman–Crippen MR) is 137 cm³/mol. The van der Waals surface area contributed by atoms with E-state index in [9.17, 15) is 9.90 Å². The number of benzene rings is 3. The van der Waals surface area contributed by atoms with Crippen molar-refractivity contribution in [3.63, 3.8) is 0 Å². The Balaban J connectivity index is 1.54. The largest absolute Gasteiger partial charge is 0.491 e. The molecular weight excluding hydrogens is 444 g/mol. The molecule has 0 aliphatic heterocycles. The average Bonchev–Trinajstić information content (AvgIpc) is 2.82. The van der Waals surface area contributed by atoms with Gasteiger partial charge in [-0.05, 0) is 81.3 Å². The summed E-state index contributed by atoms with van der Waals surface area (Å²) >= 11 is 0. The molecule has 7 heteroatoms. The lowest BCUT2D eigenvalue weighted by atomic mass is 10.1. The molecule has 0 radical (unpaired) electrons. The first-order valence-corrected chi connectivity index (χ1v) is 11.6. The Bertz CT molecular complexity index is 1050. The van der Waals surface area contributed by atoms with Crippen LogP contribution in [0.25, 0.3) is 0 Å². The zero-order valence-corrected chi connectivity index (χ0v) is 20.5. The van der Waals surface area contributed by atoms with Crippen molar-refractivity contribution in [3.05, 3.63) is 84.4 Å². The summed E-state index contributed by atoms with van der Waals surface area (Å²) in [7, 11) is 0. The number of nitrogens with two attached hydrogens (primary N) is 1. The van der Waals surface area contributed by atoms with Gasteiger partial charge in [0.1, 0.15) is 35.6 Å². The highest BCUT2D eigenvalue weighted by molar-refractivity contribution is 5.68. The van der Waals surface area contributed by atoms with Gasteiger partial charge in [0.15, 0.2) is 0 Å². The number of nitrogens with zero attached hydrogens (tertiary/aromatic N) is 1. The second-order valence-corrected chi connectivity index (χ2v) is 9.27. The quantitative estimate of drug-likeness (QED) is 0.385. The molecule has 1 atom stereocenters. The van der Waals surface area contributed by atoms with Gasteiger partial charge in [0.25, 0.3) is 0 Å². The molecule has 3 aromatic carbocycles. The number of anilines is 1. The molecule has 0 heterocycles. The van der Waals surface area contributed by atoms with E-state index in [2.05, 4.69) is 0 Å². The van der Waals surface area contributed by atoms with Crippen LogP contribution in [0.1, 0.15) is 26.3 Å². The fourth-order valence-corrected chi connectivity index (χ4v) is 3.26. The number of aliphatic hydroxyl groups is 1. The van der Waals surface area contributed by atoms with E-state index in [0.717, 1.165) is 11.3 Å². The summed E-state index contributed by atoms with van der Waals surface area (Å²) in [4.78, 5) is 14.3. The highest BCUT2D eigenvalue weighted by Crippen LogP contribution is 2.23. The van der Waals surface area contributed by atoms with Gasteiger partial charge in [-0.3, -0.25) is 0 Å². The number of hydrogen-bond donors (Lipinski definition) is 2. The molecule has 1 amide bonds. The first-order chi connectivity index (χ1) is 16.7. The second kappa shape index (κ2) is 12.1. The van der Waals surface area contributed by atoms with E-state index in [1.165, 1.54) is 4.90 Å². The van der Waals surface area contributed by atoms with Crippen LogP contribution >= 0.6 is 0 Å². The molecule has 0 saturated heterocycles. The Labute approximate surface area is 207 Å². The molecule has 3 rings (SSSR count). The molecule has 0 bridgehead atoms. The monoisotopic (exact) mass is 478 g/mol. The Kier molecular flexibility index (Phi) is 8.98. The molecule has 35 heavy (non-hydrogen) atoms. The number of carbonyl (C=O) groups excluding carboxylic acids is 1. The van der Waals surface area contributed by atoms with Gasteiger partial charge >= 0.3 is 6.09 Å². The topological polar surface area (TPSA) is 94.3 Å². The van der Waals surface area contributed by atoms with Crippen LogP contribution in [0, 0.1) is 0 Å². The number of rotatable bonds is 10. The van der Waals surface area contributed by atoms with Crippen molar-refractivity contribution in [2.24, 2.45) is 0 Å². The molecule has 186 valence electrons. The second-order valence-electron chi connectivity index (χ2n) is 9.27. The third kappa shape index (κ3) is 9.22. The Hall–Kier alpha value is -3.71. The molecular formula is C28H34N2O5. The number of para-hydroxylation sites is 1. The van der Waals surface area contributed by atoms with Crippen LogP contribution in [0.4, 0.5) is 10.5 Å². The number of ether oxygens (including phenoxy) is 3. The fraction of sp³-hybridized carbons (Fsp3) is 0.321. The highest BCUT2D eigenvalue weighted by Gasteiger charge is 2.24. The van der Waals surface area contributed by atoms with Gasteiger partial charge in [-0.25, -0.2) is 4.79 Å². The molecule has 0 aromatic heterocycles. The summed E-state index contributed by atoms with van der Waals surface area (Å²) in [6.45, 7) is 5.94. The van der Waals surface area contributed by atoms with Crippen LogP contribution in [-0.2, 0) is 11.2 Å². The van der Waals surface area contributed by atoms with Gasteiger partial charge in [-0.1, -0.05) is 30.3 Å². The highest BCUT2D eigenvalue weighted by atomic mass is 16.6. The smallest absolute Gasteiger partial charge is 0.410 e. The van der Waals surface area contributed by atoms with Crippen molar-refractivity contribution in [1.29, 1.82) is 0 Å². The van der Waals surface area contributed by atoms with E-state index in [-0.39, 0.29) is 13.2 Å². The lowest BCUT2D eigenvalue weighted by Crippen LogP contribution is -2.43. The number of nitrogen functional groups attached to an aromatic ring is 1. The van der Waals surface area contributed by atoms with E-state index in [4.69, 9.17) is 19.9 Å². The van der Waals surface area contributed by atoms with Crippen LogP contribution < -0.4 is 15.2 Å². The Morgan fingerprint density at radius 1 is 0.914 bits per heavy atom. The van der Waals surface area contributed by atoms with E-state index in [0.29, 0.717) is 30.2 Å². The minimum absolute atomic E-state index is 0.0278. The standard InChI is InChI=1S/C28H34N2O5/c1-28(2,3)35-27(32)30(18-17-21-9-11-22(29)12-10-21)19-23(31)20-33-24-13-15-26(16-14-24)34-25-7-5-4-6-8-25/h4-16,23,31H,17-20,29H2,1-3H3/t23-/m0/s1. The average molecular weight is 479 g/mol. The van der Waals surface area contributed by atoms with Crippen LogP contribution in [0.5, 0.6) is 17.2 Å². The van der Waals surface area contributed by atoms with Gasteiger partial charge in [-0.15, -0.1) is 0 Å². The van der Waals surface area contributed by atoms with E-state index in [1.54, 1.807) is 24.3 Å². The van der Waals surface area contributed by atoms with Crippen molar-refractivity contribution in [1.82, 2.24) is 4.90 Å². The first-order valence-electron chi connectivity index (χ1n) is 11.6. The van der Waals surface area contributed by atoms with E-state index in [1.807, 2.05) is 75.4 Å². The van der Waals surface area contributed by atoms with Crippen molar-refractivity contribution in [2.45, 2.75) is 38.9 Å². The molecule has 0 saturated carbocycles. The predicted octanol–water partition coefficient (Wildman–Crippen LogP) is 5.28. The number of hydrogen-bond acceptors (Lipinski definition) is 6. The summed E-state index contributed by atoms with van der Waals surface area (Å²) in [6, 6.07) is 24.2. The molecule has 0 aliphatic rings. The summed E-state index contributed by atoms with van der Waals surface area (Å²) in [5.41, 5.74) is 6.84. The SMILES string of the molecule is CC(C)(C)OC(=O)N(CCc1ccc(N)cc1)C[C@H](O)COc1ccc(Oc2ccccc2)cc1. The zero-order valence-electron chi connectivity index (χ0n) is 20.5. The van der Waals surface area contributed by atoms with E-state index < -0.39 is 17.8 Å². The van der Waals surface area contributed by atoms with Crippen LogP contribution in [0.2, 0.25) is 0 Å². The van der Waals surface area contributed by atoms with Crippen LogP contribution in [0.3, 0.4) is 0 Å². The third-order valence-electron chi connectivity index (χ3n) is 4.98. The first kappa shape index (κ1) is 25.9. The van der Waals surface area contributed by atoms with Gasteiger partial charge in [0.2, 0.25) is 0 Å². The maximum Gasteiger partial charge on any atom is 0.410 e. The summed E-state index contributed by atoms with van der Waals surface area (Å²) < 4.78 is 17.0. The van der Waals surface area contributed by atoms with Crippen LogP contribution in [0.15, 0.2) is 78.9 Å². The molecule has 3 N–H and O–H groups in total. The molecule has 3 aromatic rings. The molecule has 0 aliphatic carbocycles. The minimum Gasteiger partial charge on any atom is -0.491 e. The molecule has 7 nitrogen and oxygen atoms in total. The zero-order chi connectivity index (χ0) is 25.3. The van der Waals surface area contributed by atoms with Crippen molar-refractivity contribution in [2.75, 3.05) is 25.4 Å². The number of amides is 1. The van der Waals surface area contributed by atoms with Crippen LogP contribution in [-0.4, -0.2) is 47.5 Å². The fourth-order valence-electron chi connectivity index (χ4n) is 3.26. The molecule has 0 spiro atoms. The maximum absolute atomic E-state index is 12.7. The van der Waals surface area contributed by atoms with Gasteiger partial charge < -0.3 is 30.0 Å². The summed E-state index contributed by atoms with van der Waals surface area (Å²) in [5.74, 6) is 2.02. The summed E-state index contributed by atoms with van der Waals surface area (Å²) in [5, 5.41) is 10.6. The lowest BCUT2D eigenvalue weighted by molar-refractivity contribution is 0.00944.